The van der Waals surface area contributed by atoms with Crippen molar-refractivity contribution in [2.24, 2.45) is 0 Å². The topological polar surface area (TPSA) is 87.8 Å². The van der Waals surface area contributed by atoms with E-state index in [1.54, 1.807) is 20.0 Å². The van der Waals surface area contributed by atoms with Crippen LogP contribution in [0.1, 0.15) is 30.4 Å². The molecule has 1 heterocycles. The summed E-state index contributed by atoms with van der Waals surface area (Å²) in [5, 5.41) is 30.5. The molecule has 2 aliphatic rings. The minimum Gasteiger partial charge on any atom is -0.390 e. The van der Waals surface area contributed by atoms with Crippen molar-refractivity contribution in [1.82, 2.24) is 4.90 Å². The maximum Gasteiger partial charge on any atom is 0.327 e. The van der Waals surface area contributed by atoms with E-state index < -0.39 is 17.9 Å². The summed E-state index contributed by atoms with van der Waals surface area (Å²) in [6, 6.07) is 4.74. The maximum atomic E-state index is 12.7. The van der Waals surface area contributed by atoms with E-state index in [9.17, 15) is 15.0 Å². The summed E-state index contributed by atoms with van der Waals surface area (Å²) < 4.78 is 0. The van der Waals surface area contributed by atoms with Gasteiger partial charge in [-0.3, -0.25) is 4.90 Å². The molecule has 0 radical (unpaired) electrons. The Morgan fingerprint density at radius 1 is 1.43 bits per heavy atom. The lowest BCUT2D eigenvalue weighted by Gasteiger charge is -2.36. The van der Waals surface area contributed by atoms with E-state index in [0.29, 0.717) is 29.7 Å². The normalized spacial score (nSPS) is 30.3. The third-order valence-corrected chi connectivity index (χ3v) is 5.67. The Balaban J connectivity index is 2.10. The largest absolute Gasteiger partial charge is 0.390 e. The number of aliphatic hydroxyl groups excluding tert-OH is 2. The highest BCUT2D eigenvalue weighted by atomic mass is 35.5. The van der Waals surface area contributed by atoms with Crippen LogP contribution in [-0.4, -0.2) is 46.1 Å². The van der Waals surface area contributed by atoms with Crippen LogP contribution in [0.2, 0.25) is 5.02 Å². The second-order valence-electron chi connectivity index (χ2n) is 6.17. The van der Waals surface area contributed by atoms with E-state index in [1.165, 1.54) is 15.9 Å². The predicted octanol–water partition coefficient (Wildman–Crippen LogP) is 1.99. The number of amides is 2. The number of nitriles is 1. The van der Waals surface area contributed by atoms with Gasteiger partial charge >= 0.3 is 6.03 Å². The van der Waals surface area contributed by atoms with Crippen LogP contribution in [0.3, 0.4) is 0 Å². The first-order valence-electron chi connectivity index (χ1n) is 7.48. The number of halogens is 1. The Kier molecular flexibility index (Phi) is 3.75. The second-order valence-corrected chi connectivity index (χ2v) is 6.55. The van der Waals surface area contributed by atoms with Crippen LogP contribution < -0.4 is 4.90 Å². The Morgan fingerprint density at radius 3 is 2.70 bits per heavy atom. The number of benzene rings is 1. The van der Waals surface area contributed by atoms with Crippen molar-refractivity contribution in [3.63, 3.8) is 0 Å². The van der Waals surface area contributed by atoms with Gasteiger partial charge in [0.05, 0.1) is 22.4 Å². The fraction of sp³-hybridized carbons (Fsp3) is 0.500. The highest BCUT2D eigenvalue weighted by Gasteiger charge is 2.61. The molecule has 6 nitrogen and oxygen atoms in total. The van der Waals surface area contributed by atoms with Crippen LogP contribution >= 0.6 is 11.6 Å². The van der Waals surface area contributed by atoms with E-state index in [4.69, 9.17) is 16.9 Å². The molecule has 2 amide bonds. The zero-order valence-corrected chi connectivity index (χ0v) is 13.7. The molecule has 122 valence electrons. The molecule has 1 saturated carbocycles. The molecule has 1 aliphatic carbocycles. The third kappa shape index (κ3) is 1.97. The van der Waals surface area contributed by atoms with Gasteiger partial charge in [-0.05, 0) is 43.9 Å². The number of hydrogen-bond acceptors (Lipinski definition) is 4. The van der Waals surface area contributed by atoms with E-state index in [2.05, 4.69) is 0 Å². The van der Waals surface area contributed by atoms with Gasteiger partial charge in [-0.25, -0.2) is 4.79 Å². The Labute approximate surface area is 139 Å². The zero-order valence-electron chi connectivity index (χ0n) is 13.0. The van der Waals surface area contributed by atoms with Crippen LogP contribution in [0.4, 0.5) is 10.5 Å². The van der Waals surface area contributed by atoms with Gasteiger partial charge in [0.25, 0.3) is 0 Å². The fourth-order valence-corrected chi connectivity index (χ4v) is 3.99. The molecule has 1 aromatic rings. The molecule has 3 atom stereocenters. The molecule has 3 rings (SSSR count). The zero-order chi connectivity index (χ0) is 16.9. The fourth-order valence-electron chi connectivity index (χ4n) is 3.79. The molecule has 1 spiro atoms. The summed E-state index contributed by atoms with van der Waals surface area (Å²) in [4.78, 5) is 15.4. The van der Waals surface area contributed by atoms with Crippen molar-refractivity contribution >= 4 is 23.3 Å². The number of likely N-dealkylation sites (N-methyl/N-ethyl adjacent to an activating group) is 1. The lowest BCUT2D eigenvalue weighted by molar-refractivity contribution is -0.0310. The number of carbonyl (C=O) groups excluding carboxylic acids is 1. The van der Waals surface area contributed by atoms with Crippen molar-refractivity contribution in [3.05, 3.63) is 28.3 Å². The Bertz CT molecular complexity index is 717. The average Bonchev–Trinajstić information content (AvgIpc) is 3.00. The summed E-state index contributed by atoms with van der Waals surface area (Å²) in [6.45, 7) is 1.70. The minimum absolute atomic E-state index is 0.264. The van der Waals surface area contributed by atoms with Gasteiger partial charge in [-0.1, -0.05) is 11.6 Å². The van der Waals surface area contributed by atoms with Crippen molar-refractivity contribution < 1.29 is 15.0 Å². The van der Waals surface area contributed by atoms with Gasteiger partial charge in [0.15, 0.2) is 6.23 Å². The molecule has 0 bridgehead atoms. The number of aliphatic hydroxyl groups is 2. The summed E-state index contributed by atoms with van der Waals surface area (Å²) in [6.07, 6.45) is -0.102. The molecule has 2 fully saturated rings. The smallest absolute Gasteiger partial charge is 0.327 e. The lowest BCUT2D eigenvalue weighted by atomic mass is 9.92. The van der Waals surface area contributed by atoms with Crippen molar-refractivity contribution in [1.29, 1.82) is 5.26 Å². The van der Waals surface area contributed by atoms with Gasteiger partial charge in [0, 0.05) is 7.05 Å². The molecule has 1 aromatic carbocycles. The first-order chi connectivity index (χ1) is 10.9. The SMILES string of the molecule is Cc1c(N2C(=O)N(C)[C@@]3(CCC[C@H]3O)[C@@H]2O)ccc(C#N)c1Cl. The minimum atomic E-state index is -1.17. The molecule has 0 aromatic heterocycles. The monoisotopic (exact) mass is 335 g/mol. The van der Waals surface area contributed by atoms with Gasteiger partial charge in [0.2, 0.25) is 0 Å². The molecule has 1 saturated heterocycles. The molecular weight excluding hydrogens is 318 g/mol. The summed E-state index contributed by atoms with van der Waals surface area (Å²) in [7, 11) is 1.60. The van der Waals surface area contributed by atoms with Crippen LogP contribution in [0, 0.1) is 18.3 Å². The number of rotatable bonds is 1. The first kappa shape index (κ1) is 16.1. The van der Waals surface area contributed by atoms with Crippen LogP contribution in [-0.2, 0) is 0 Å². The van der Waals surface area contributed by atoms with Gasteiger partial charge in [-0.2, -0.15) is 5.26 Å². The van der Waals surface area contributed by atoms with Crippen molar-refractivity contribution in [2.45, 2.75) is 44.1 Å². The quantitative estimate of drug-likeness (QED) is 0.821. The molecule has 23 heavy (non-hydrogen) atoms. The van der Waals surface area contributed by atoms with E-state index in [0.717, 1.165) is 6.42 Å². The molecular formula is C16H18ClN3O3. The highest BCUT2D eigenvalue weighted by molar-refractivity contribution is 6.33. The molecule has 7 heteroatoms. The lowest BCUT2D eigenvalue weighted by Crippen LogP contribution is -2.56. The number of carbonyl (C=O) groups is 1. The average molecular weight is 336 g/mol. The number of hydrogen-bond donors (Lipinski definition) is 2. The summed E-state index contributed by atoms with van der Waals surface area (Å²) in [5.41, 5.74) is 0.326. The molecule has 2 N–H and O–H groups in total. The van der Waals surface area contributed by atoms with Crippen molar-refractivity contribution in [3.8, 4) is 6.07 Å². The summed E-state index contributed by atoms with van der Waals surface area (Å²) in [5.74, 6) is 0. The van der Waals surface area contributed by atoms with Gasteiger partial charge in [-0.15, -0.1) is 0 Å². The maximum absolute atomic E-state index is 12.7. The Morgan fingerprint density at radius 2 is 2.13 bits per heavy atom. The predicted molar refractivity (Wildman–Crippen MR) is 85.1 cm³/mol. The van der Waals surface area contributed by atoms with E-state index in [-0.39, 0.29) is 11.1 Å². The highest BCUT2D eigenvalue weighted by Crippen LogP contribution is 2.46. The standard InChI is InChI=1S/C16H18ClN3O3/c1-9-11(6-5-10(8-18)13(9)17)20-14(22)16(19(2)15(20)23)7-3-4-12(16)21/h5-6,12,14,21-22H,3-4,7H2,1-2H3/t12-,14+,16-/m1/s1. The Hall–Kier alpha value is -1.81. The van der Waals surface area contributed by atoms with Crippen LogP contribution in [0.15, 0.2) is 12.1 Å². The number of urea groups is 1. The van der Waals surface area contributed by atoms with Crippen molar-refractivity contribution in [2.75, 3.05) is 11.9 Å². The molecule has 1 aliphatic heterocycles. The second kappa shape index (κ2) is 5.38. The molecule has 0 unspecified atom stereocenters. The van der Waals surface area contributed by atoms with E-state index in [1.807, 2.05) is 6.07 Å². The number of nitrogens with zero attached hydrogens (tertiary/aromatic N) is 3. The van der Waals surface area contributed by atoms with Crippen LogP contribution in [0.5, 0.6) is 0 Å². The summed E-state index contributed by atoms with van der Waals surface area (Å²) >= 11 is 6.18. The van der Waals surface area contributed by atoms with Gasteiger partial charge < -0.3 is 15.1 Å². The third-order valence-electron chi connectivity index (χ3n) is 5.18. The number of anilines is 1. The van der Waals surface area contributed by atoms with Gasteiger partial charge in [0.1, 0.15) is 11.6 Å². The first-order valence-corrected chi connectivity index (χ1v) is 7.86. The van der Waals surface area contributed by atoms with Crippen LogP contribution in [0.25, 0.3) is 0 Å². The van der Waals surface area contributed by atoms with E-state index >= 15 is 0 Å².